The van der Waals surface area contributed by atoms with Crippen molar-refractivity contribution >= 4 is 15.9 Å². The van der Waals surface area contributed by atoms with Gasteiger partial charge in [-0.1, -0.05) is 53.2 Å². The molecule has 0 fully saturated rings. The fraction of sp³-hybridized carbons (Fsp3) is 0.588. The number of sulfonamides is 1. The summed E-state index contributed by atoms with van der Waals surface area (Å²) in [7, 11) is -3.84. The number of hydrogen-bond donors (Lipinski definition) is 1. The van der Waals surface area contributed by atoms with Crippen molar-refractivity contribution in [2.24, 2.45) is 5.92 Å². The van der Waals surface area contributed by atoms with Gasteiger partial charge in [0.2, 0.25) is 5.91 Å². The van der Waals surface area contributed by atoms with E-state index in [0.717, 1.165) is 12.0 Å². The Bertz CT molecular complexity index is 642. The SMILES string of the molecule is CCCC(C)C(=O)NS(=O)(=O)c1cc(C(C)(C)C)ccc1C. The van der Waals surface area contributed by atoms with Crippen LogP contribution in [0.25, 0.3) is 0 Å². The van der Waals surface area contributed by atoms with E-state index in [1.165, 1.54) is 0 Å². The zero-order valence-corrected chi connectivity index (χ0v) is 15.2. The highest BCUT2D eigenvalue weighted by Gasteiger charge is 2.24. The van der Waals surface area contributed by atoms with Gasteiger partial charge in [0.25, 0.3) is 10.0 Å². The second-order valence-corrected chi connectivity index (χ2v) is 8.54. The molecule has 0 saturated carbocycles. The van der Waals surface area contributed by atoms with Gasteiger partial charge in [-0.25, -0.2) is 13.1 Å². The molecule has 0 aromatic heterocycles. The van der Waals surface area contributed by atoms with Crippen LogP contribution < -0.4 is 4.72 Å². The maximum Gasteiger partial charge on any atom is 0.264 e. The normalized spacial score (nSPS) is 13.7. The molecule has 1 aromatic rings. The third kappa shape index (κ3) is 4.57. The lowest BCUT2D eigenvalue weighted by Gasteiger charge is -2.21. The van der Waals surface area contributed by atoms with Crippen LogP contribution in [0.1, 0.15) is 58.6 Å². The minimum Gasteiger partial charge on any atom is -0.274 e. The Morgan fingerprint density at radius 1 is 1.27 bits per heavy atom. The minimum atomic E-state index is -3.84. The van der Waals surface area contributed by atoms with E-state index >= 15 is 0 Å². The summed E-state index contributed by atoms with van der Waals surface area (Å²) in [5, 5.41) is 0. The lowest BCUT2D eigenvalue weighted by molar-refractivity contribution is -0.122. The molecule has 0 heterocycles. The molecule has 0 radical (unpaired) electrons. The Morgan fingerprint density at radius 2 is 1.86 bits per heavy atom. The minimum absolute atomic E-state index is 0.155. The van der Waals surface area contributed by atoms with Crippen LogP contribution in [-0.4, -0.2) is 14.3 Å². The van der Waals surface area contributed by atoms with E-state index in [9.17, 15) is 13.2 Å². The van der Waals surface area contributed by atoms with Crippen molar-refractivity contribution in [2.75, 3.05) is 0 Å². The first-order valence-corrected chi connectivity index (χ1v) is 9.15. The third-order valence-electron chi connectivity index (χ3n) is 3.75. The van der Waals surface area contributed by atoms with Gasteiger partial charge in [0.15, 0.2) is 0 Å². The Hall–Kier alpha value is -1.36. The predicted octanol–water partition coefficient (Wildman–Crippen LogP) is 3.53. The van der Waals surface area contributed by atoms with Gasteiger partial charge in [-0.3, -0.25) is 4.79 Å². The quantitative estimate of drug-likeness (QED) is 0.900. The predicted molar refractivity (Wildman–Crippen MR) is 89.3 cm³/mol. The molecule has 0 saturated heterocycles. The summed E-state index contributed by atoms with van der Waals surface area (Å²) >= 11 is 0. The van der Waals surface area contributed by atoms with Crippen molar-refractivity contribution in [1.29, 1.82) is 0 Å². The summed E-state index contributed by atoms with van der Waals surface area (Å²) in [6, 6.07) is 5.38. The van der Waals surface area contributed by atoms with Crippen LogP contribution in [0.3, 0.4) is 0 Å². The number of carbonyl (C=O) groups is 1. The van der Waals surface area contributed by atoms with Crippen LogP contribution in [0.4, 0.5) is 0 Å². The van der Waals surface area contributed by atoms with E-state index in [-0.39, 0.29) is 16.2 Å². The fourth-order valence-electron chi connectivity index (χ4n) is 2.21. The van der Waals surface area contributed by atoms with E-state index < -0.39 is 15.9 Å². The molecule has 1 atom stereocenters. The van der Waals surface area contributed by atoms with E-state index in [1.807, 2.05) is 33.8 Å². The molecule has 1 amide bonds. The van der Waals surface area contributed by atoms with Gasteiger partial charge in [0.1, 0.15) is 0 Å². The van der Waals surface area contributed by atoms with Gasteiger partial charge < -0.3 is 0 Å². The van der Waals surface area contributed by atoms with Crippen molar-refractivity contribution in [3.05, 3.63) is 29.3 Å². The van der Waals surface area contributed by atoms with Gasteiger partial charge >= 0.3 is 0 Å². The molecule has 4 nitrogen and oxygen atoms in total. The molecule has 1 rings (SSSR count). The largest absolute Gasteiger partial charge is 0.274 e. The second-order valence-electron chi connectivity index (χ2n) is 6.89. The summed E-state index contributed by atoms with van der Waals surface area (Å²) in [5.41, 5.74) is 1.40. The molecule has 0 bridgehead atoms. The molecule has 0 aliphatic rings. The van der Waals surface area contributed by atoms with Crippen molar-refractivity contribution in [3.8, 4) is 0 Å². The van der Waals surface area contributed by atoms with Crippen LogP contribution in [0.2, 0.25) is 0 Å². The van der Waals surface area contributed by atoms with E-state index in [0.29, 0.717) is 12.0 Å². The monoisotopic (exact) mass is 325 g/mol. The highest BCUT2D eigenvalue weighted by molar-refractivity contribution is 7.90. The third-order valence-corrected chi connectivity index (χ3v) is 5.24. The Balaban J connectivity index is 3.15. The molecule has 0 spiro atoms. The summed E-state index contributed by atoms with van der Waals surface area (Å²) in [6.07, 6.45) is 1.51. The second kappa shape index (κ2) is 6.82. The van der Waals surface area contributed by atoms with Gasteiger partial charge in [-0.2, -0.15) is 0 Å². The number of nitrogens with one attached hydrogen (secondary N) is 1. The Morgan fingerprint density at radius 3 is 2.36 bits per heavy atom. The molecular formula is C17H27NO3S. The maximum atomic E-state index is 12.5. The average molecular weight is 325 g/mol. The first-order valence-electron chi connectivity index (χ1n) is 7.67. The highest BCUT2D eigenvalue weighted by atomic mass is 32.2. The maximum absolute atomic E-state index is 12.5. The molecule has 1 N–H and O–H groups in total. The van der Waals surface area contributed by atoms with Crippen molar-refractivity contribution in [2.45, 2.75) is 64.7 Å². The number of rotatable bonds is 5. The van der Waals surface area contributed by atoms with Crippen LogP contribution in [0, 0.1) is 12.8 Å². The number of aryl methyl sites for hydroxylation is 1. The molecule has 22 heavy (non-hydrogen) atoms. The van der Waals surface area contributed by atoms with Crippen molar-refractivity contribution in [1.82, 2.24) is 4.72 Å². The van der Waals surface area contributed by atoms with Crippen LogP contribution in [-0.2, 0) is 20.2 Å². The van der Waals surface area contributed by atoms with Crippen LogP contribution >= 0.6 is 0 Å². The summed E-state index contributed by atoms with van der Waals surface area (Å²) in [4.78, 5) is 12.2. The van der Waals surface area contributed by atoms with Gasteiger partial charge in [-0.15, -0.1) is 0 Å². The summed E-state index contributed by atoms with van der Waals surface area (Å²) < 4.78 is 27.2. The molecule has 124 valence electrons. The van der Waals surface area contributed by atoms with Gasteiger partial charge in [-0.05, 0) is 36.0 Å². The molecule has 0 aliphatic carbocycles. The zero-order valence-electron chi connectivity index (χ0n) is 14.4. The topological polar surface area (TPSA) is 63.2 Å². The Kier molecular flexibility index (Phi) is 5.79. The van der Waals surface area contributed by atoms with Gasteiger partial charge in [0, 0.05) is 5.92 Å². The van der Waals surface area contributed by atoms with Crippen molar-refractivity contribution < 1.29 is 13.2 Å². The van der Waals surface area contributed by atoms with E-state index in [4.69, 9.17) is 0 Å². The number of carbonyl (C=O) groups excluding carboxylic acids is 1. The first kappa shape index (κ1) is 18.7. The number of amides is 1. The number of benzene rings is 1. The summed E-state index contributed by atoms with van der Waals surface area (Å²) in [5.74, 6) is -0.756. The standard InChI is InChI=1S/C17H27NO3S/c1-7-8-13(3)16(19)18-22(20,21)15-11-14(17(4,5)6)10-9-12(15)2/h9-11,13H,7-8H2,1-6H3,(H,18,19). The first-order chi connectivity index (χ1) is 9.99. The zero-order chi connectivity index (χ0) is 17.1. The van der Waals surface area contributed by atoms with Gasteiger partial charge in [0.05, 0.1) is 4.90 Å². The average Bonchev–Trinajstić information content (AvgIpc) is 2.37. The Labute approximate surface area is 134 Å². The van der Waals surface area contributed by atoms with E-state index in [2.05, 4.69) is 4.72 Å². The lowest BCUT2D eigenvalue weighted by atomic mass is 9.87. The molecule has 1 unspecified atom stereocenters. The smallest absolute Gasteiger partial charge is 0.264 e. The molecule has 5 heteroatoms. The highest BCUT2D eigenvalue weighted by Crippen LogP contribution is 2.26. The number of hydrogen-bond acceptors (Lipinski definition) is 3. The lowest BCUT2D eigenvalue weighted by Crippen LogP contribution is -2.35. The molecular weight excluding hydrogens is 298 g/mol. The van der Waals surface area contributed by atoms with E-state index in [1.54, 1.807) is 26.0 Å². The molecule has 1 aromatic carbocycles. The van der Waals surface area contributed by atoms with Crippen LogP contribution in [0.5, 0.6) is 0 Å². The van der Waals surface area contributed by atoms with Crippen LogP contribution in [0.15, 0.2) is 23.1 Å². The van der Waals surface area contributed by atoms with Crippen molar-refractivity contribution in [3.63, 3.8) is 0 Å². The summed E-state index contributed by atoms with van der Waals surface area (Å²) in [6.45, 7) is 11.5. The molecule has 0 aliphatic heterocycles. The fourth-order valence-corrected chi connectivity index (χ4v) is 3.56.